The Hall–Kier alpha value is -2.49. The van der Waals surface area contributed by atoms with Crippen LogP contribution in [0.4, 0.5) is 0 Å². The smallest absolute Gasteiger partial charge is 0.312 e. The topological polar surface area (TPSA) is 109 Å². The summed E-state index contributed by atoms with van der Waals surface area (Å²) < 4.78 is 10.4. The average molecular weight is 407 g/mol. The van der Waals surface area contributed by atoms with E-state index in [1.165, 1.54) is 9.80 Å². The van der Waals surface area contributed by atoms with Crippen LogP contribution in [0.25, 0.3) is 0 Å². The highest BCUT2D eigenvalue weighted by atomic mass is 16.5. The summed E-state index contributed by atoms with van der Waals surface area (Å²) in [6.45, 7) is 7.45. The van der Waals surface area contributed by atoms with E-state index < -0.39 is 11.8 Å². The van der Waals surface area contributed by atoms with Crippen molar-refractivity contribution in [2.75, 3.05) is 52.5 Å². The van der Waals surface area contributed by atoms with Crippen molar-refractivity contribution in [3.63, 3.8) is 0 Å². The van der Waals surface area contributed by atoms with Crippen LogP contribution in [-0.4, -0.2) is 95.0 Å². The van der Waals surface area contributed by atoms with Crippen LogP contribution in [0.1, 0.15) is 44.3 Å². The molecule has 3 amide bonds. The second-order valence-corrected chi connectivity index (χ2v) is 7.63. The van der Waals surface area contributed by atoms with Gasteiger partial charge in [-0.2, -0.15) is 4.98 Å². The van der Waals surface area contributed by atoms with Crippen LogP contribution in [0.5, 0.6) is 0 Å². The normalized spacial score (nSPS) is 17.7. The Morgan fingerprint density at radius 3 is 2.10 bits per heavy atom. The maximum Gasteiger partial charge on any atom is 0.312 e. The van der Waals surface area contributed by atoms with Crippen LogP contribution in [-0.2, 0) is 25.5 Å². The minimum atomic E-state index is -0.489. The van der Waals surface area contributed by atoms with Gasteiger partial charge >= 0.3 is 11.8 Å². The van der Waals surface area contributed by atoms with Crippen LogP contribution in [0.2, 0.25) is 0 Å². The second-order valence-electron chi connectivity index (χ2n) is 7.63. The Bertz CT molecular complexity index is 720. The molecule has 0 aliphatic carbocycles. The number of morpholine rings is 1. The molecule has 0 atom stereocenters. The summed E-state index contributed by atoms with van der Waals surface area (Å²) in [5.74, 6) is 0.519. The summed E-state index contributed by atoms with van der Waals surface area (Å²) >= 11 is 0. The van der Waals surface area contributed by atoms with Gasteiger partial charge in [0.25, 0.3) is 0 Å². The number of aromatic nitrogens is 2. The third-order valence-electron chi connectivity index (χ3n) is 5.18. The van der Waals surface area contributed by atoms with Crippen LogP contribution in [0.15, 0.2) is 4.52 Å². The van der Waals surface area contributed by atoms with E-state index in [0.29, 0.717) is 83.5 Å². The van der Waals surface area contributed by atoms with Crippen LogP contribution < -0.4 is 0 Å². The molecule has 160 valence electrons. The first-order valence-corrected chi connectivity index (χ1v) is 10.2. The third kappa shape index (κ3) is 5.53. The molecule has 29 heavy (non-hydrogen) atoms. The fourth-order valence-electron chi connectivity index (χ4n) is 3.35. The number of nitrogens with zero attached hydrogens (tertiary/aromatic N) is 5. The number of rotatable bonds is 5. The highest BCUT2D eigenvalue weighted by Crippen LogP contribution is 2.12. The first kappa shape index (κ1) is 21.2. The molecular formula is C19H29N5O5. The summed E-state index contributed by atoms with van der Waals surface area (Å²) in [5.41, 5.74) is 0. The van der Waals surface area contributed by atoms with E-state index in [0.717, 1.165) is 0 Å². The van der Waals surface area contributed by atoms with Gasteiger partial charge in [0.1, 0.15) is 0 Å². The molecule has 0 saturated carbocycles. The first-order chi connectivity index (χ1) is 14.0. The molecule has 0 radical (unpaired) electrons. The summed E-state index contributed by atoms with van der Waals surface area (Å²) in [5, 5.41) is 3.92. The van der Waals surface area contributed by atoms with Gasteiger partial charge < -0.3 is 24.0 Å². The lowest BCUT2D eigenvalue weighted by Crippen LogP contribution is -2.55. The Morgan fingerprint density at radius 2 is 1.52 bits per heavy atom. The van der Waals surface area contributed by atoms with E-state index in [2.05, 4.69) is 10.1 Å². The van der Waals surface area contributed by atoms with Gasteiger partial charge in [-0.25, -0.2) is 0 Å². The quantitative estimate of drug-likeness (QED) is 0.634. The summed E-state index contributed by atoms with van der Waals surface area (Å²) in [6.07, 6.45) is 1.59. The Balaban J connectivity index is 1.38. The molecule has 3 heterocycles. The standard InChI is InChI=1S/C19H29N5O5/c1-14(2)17-20-15(29-21-17)4-3-5-16(25)22-6-8-23(9-7-22)18(26)19(27)24-10-12-28-13-11-24/h14H,3-13H2,1-2H3. The maximum absolute atomic E-state index is 12.4. The van der Waals surface area contributed by atoms with Gasteiger partial charge in [0.15, 0.2) is 5.82 Å². The van der Waals surface area contributed by atoms with E-state index in [4.69, 9.17) is 9.26 Å². The third-order valence-corrected chi connectivity index (χ3v) is 5.18. The van der Waals surface area contributed by atoms with Crippen molar-refractivity contribution in [3.8, 4) is 0 Å². The largest absolute Gasteiger partial charge is 0.378 e. The fourth-order valence-corrected chi connectivity index (χ4v) is 3.35. The molecule has 10 heteroatoms. The van der Waals surface area contributed by atoms with Crippen molar-refractivity contribution in [3.05, 3.63) is 11.7 Å². The van der Waals surface area contributed by atoms with Gasteiger partial charge in [0, 0.05) is 58.0 Å². The van der Waals surface area contributed by atoms with Gasteiger partial charge in [-0.05, 0) is 6.42 Å². The molecule has 1 aromatic rings. The lowest BCUT2D eigenvalue weighted by atomic mass is 10.2. The van der Waals surface area contributed by atoms with Gasteiger partial charge in [0.2, 0.25) is 11.8 Å². The average Bonchev–Trinajstić information content (AvgIpc) is 3.22. The zero-order valence-electron chi connectivity index (χ0n) is 17.1. The zero-order valence-corrected chi connectivity index (χ0v) is 17.1. The second kappa shape index (κ2) is 9.82. The van der Waals surface area contributed by atoms with Gasteiger partial charge in [-0.3, -0.25) is 14.4 Å². The SMILES string of the molecule is CC(C)c1noc(CCCC(=O)N2CCN(C(=O)C(=O)N3CCOCC3)CC2)n1. The van der Waals surface area contributed by atoms with Crippen molar-refractivity contribution in [1.29, 1.82) is 0 Å². The summed E-state index contributed by atoms with van der Waals surface area (Å²) in [7, 11) is 0. The number of aryl methyl sites for hydroxylation is 1. The maximum atomic E-state index is 12.4. The molecule has 2 fully saturated rings. The number of amides is 3. The van der Waals surface area contributed by atoms with E-state index >= 15 is 0 Å². The summed E-state index contributed by atoms with van der Waals surface area (Å²) in [6, 6.07) is 0. The Kier molecular flexibility index (Phi) is 7.18. The molecule has 0 spiro atoms. The molecule has 0 bridgehead atoms. The number of hydrogen-bond acceptors (Lipinski definition) is 7. The molecule has 2 aliphatic rings. The zero-order chi connectivity index (χ0) is 20.8. The van der Waals surface area contributed by atoms with Crippen LogP contribution in [0, 0.1) is 0 Å². The number of ether oxygens (including phenoxy) is 1. The number of piperazine rings is 1. The van der Waals surface area contributed by atoms with E-state index in [-0.39, 0.29) is 11.8 Å². The molecule has 2 saturated heterocycles. The van der Waals surface area contributed by atoms with Crippen LogP contribution in [0.3, 0.4) is 0 Å². The predicted octanol–water partition coefficient (Wildman–Crippen LogP) is 0.0453. The molecule has 0 aromatic carbocycles. The number of carbonyl (C=O) groups is 3. The monoisotopic (exact) mass is 407 g/mol. The highest BCUT2D eigenvalue weighted by Gasteiger charge is 2.31. The molecule has 0 N–H and O–H groups in total. The predicted molar refractivity (Wildman–Crippen MR) is 102 cm³/mol. The van der Waals surface area contributed by atoms with E-state index in [9.17, 15) is 14.4 Å². The highest BCUT2D eigenvalue weighted by molar-refractivity contribution is 6.34. The van der Waals surface area contributed by atoms with Gasteiger partial charge in [-0.1, -0.05) is 19.0 Å². The Labute approximate surface area is 170 Å². The molecule has 10 nitrogen and oxygen atoms in total. The lowest BCUT2D eigenvalue weighted by Gasteiger charge is -2.36. The van der Waals surface area contributed by atoms with Gasteiger partial charge in [0.05, 0.1) is 13.2 Å². The van der Waals surface area contributed by atoms with Crippen molar-refractivity contribution in [2.24, 2.45) is 0 Å². The Morgan fingerprint density at radius 1 is 0.931 bits per heavy atom. The lowest BCUT2D eigenvalue weighted by molar-refractivity contribution is -0.155. The molecule has 2 aliphatic heterocycles. The van der Waals surface area contributed by atoms with E-state index in [1.54, 1.807) is 4.90 Å². The van der Waals surface area contributed by atoms with Crippen LogP contribution >= 0.6 is 0 Å². The van der Waals surface area contributed by atoms with Gasteiger partial charge in [-0.15, -0.1) is 0 Å². The van der Waals surface area contributed by atoms with Crippen molar-refractivity contribution in [2.45, 2.75) is 39.0 Å². The molecule has 1 aromatic heterocycles. The molecule has 0 unspecified atom stereocenters. The van der Waals surface area contributed by atoms with Crippen molar-refractivity contribution in [1.82, 2.24) is 24.8 Å². The van der Waals surface area contributed by atoms with Crippen molar-refractivity contribution < 1.29 is 23.6 Å². The molecule has 3 rings (SSSR count). The summed E-state index contributed by atoms with van der Waals surface area (Å²) in [4.78, 5) is 46.3. The number of hydrogen-bond donors (Lipinski definition) is 0. The van der Waals surface area contributed by atoms with E-state index in [1.807, 2.05) is 13.8 Å². The number of carbonyl (C=O) groups excluding carboxylic acids is 3. The fraction of sp³-hybridized carbons (Fsp3) is 0.737. The minimum Gasteiger partial charge on any atom is -0.378 e. The van der Waals surface area contributed by atoms with Crippen molar-refractivity contribution >= 4 is 17.7 Å². The molecular weight excluding hydrogens is 378 g/mol. The minimum absolute atomic E-state index is 0.0419. The first-order valence-electron chi connectivity index (χ1n) is 10.2.